The molecule has 0 amide bonds. The van der Waals surface area contributed by atoms with Crippen LogP contribution < -0.4 is 16.8 Å². The van der Waals surface area contributed by atoms with Crippen LogP contribution in [0.1, 0.15) is 12.0 Å². The molecular formula is C19H20ClN5O. The first-order valence-electron chi connectivity index (χ1n) is 7.92. The molecule has 5 N–H and O–H groups in total. The van der Waals surface area contributed by atoms with Crippen LogP contribution in [0.3, 0.4) is 0 Å². The number of nitrogens with one attached hydrogen (secondary N) is 1. The molecule has 0 spiro atoms. The molecule has 26 heavy (non-hydrogen) atoms. The number of ketones is 1. The van der Waals surface area contributed by atoms with Gasteiger partial charge >= 0.3 is 0 Å². The van der Waals surface area contributed by atoms with Gasteiger partial charge < -0.3 is 16.8 Å². The molecular weight excluding hydrogens is 350 g/mol. The Balaban J connectivity index is 2.11. The molecule has 0 bridgehead atoms. The van der Waals surface area contributed by atoms with E-state index in [1.165, 1.54) is 6.08 Å². The zero-order valence-electron chi connectivity index (χ0n) is 14.2. The van der Waals surface area contributed by atoms with Gasteiger partial charge in [0.25, 0.3) is 0 Å². The number of rotatable bonds is 6. The molecule has 134 valence electrons. The van der Waals surface area contributed by atoms with E-state index in [1.807, 2.05) is 18.2 Å². The fraction of sp³-hybridized carbons (Fsp3) is 0.105. The molecule has 0 aliphatic rings. The zero-order valence-corrected chi connectivity index (χ0v) is 14.9. The highest BCUT2D eigenvalue weighted by atomic mass is 35.5. The number of nitrogens with two attached hydrogens (primary N) is 2. The van der Waals surface area contributed by atoms with Crippen molar-refractivity contribution in [2.75, 3.05) is 5.32 Å². The third-order valence-electron chi connectivity index (χ3n) is 3.45. The van der Waals surface area contributed by atoms with E-state index in [4.69, 9.17) is 23.1 Å². The number of allylic oxidation sites excluding steroid dienone is 1. The van der Waals surface area contributed by atoms with E-state index in [2.05, 4.69) is 21.9 Å². The Labute approximate surface area is 157 Å². The average molecular weight is 370 g/mol. The molecule has 2 aromatic rings. The number of carbonyl (C=O) groups excluding carboxylic acids is 1. The van der Waals surface area contributed by atoms with Crippen LogP contribution in [-0.4, -0.2) is 17.7 Å². The Morgan fingerprint density at radius 2 is 1.85 bits per heavy atom. The monoisotopic (exact) mass is 369 g/mol. The van der Waals surface area contributed by atoms with Crippen LogP contribution >= 0.6 is 11.6 Å². The summed E-state index contributed by atoms with van der Waals surface area (Å²) < 4.78 is 0. The van der Waals surface area contributed by atoms with Crippen molar-refractivity contribution < 1.29 is 4.79 Å². The Hall–Kier alpha value is -3.12. The minimum Gasteiger partial charge on any atom is -0.369 e. The number of halogens is 1. The molecule has 7 heteroatoms. The molecule has 2 rings (SSSR count). The van der Waals surface area contributed by atoms with E-state index in [0.717, 1.165) is 11.3 Å². The van der Waals surface area contributed by atoms with Crippen LogP contribution in [0, 0.1) is 0 Å². The van der Waals surface area contributed by atoms with Crippen molar-refractivity contribution in [1.29, 1.82) is 0 Å². The zero-order chi connectivity index (χ0) is 18.9. The highest BCUT2D eigenvalue weighted by Crippen LogP contribution is 2.20. The maximum absolute atomic E-state index is 11.4. The van der Waals surface area contributed by atoms with E-state index in [9.17, 15) is 4.79 Å². The van der Waals surface area contributed by atoms with Gasteiger partial charge in [0.05, 0.1) is 5.69 Å². The van der Waals surface area contributed by atoms with Gasteiger partial charge in [-0.05, 0) is 48.4 Å². The summed E-state index contributed by atoms with van der Waals surface area (Å²) >= 11 is 5.84. The van der Waals surface area contributed by atoms with E-state index in [-0.39, 0.29) is 17.7 Å². The normalized spacial score (nSPS) is 11.9. The Morgan fingerprint density at radius 3 is 2.54 bits per heavy atom. The fourth-order valence-corrected chi connectivity index (χ4v) is 2.30. The minimum absolute atomic E-state index is 0.00598. The minimum atomic E-state index is -0.0221. The van der Waals surface area contributed by atoms with E-state index >= 15 is 0 Å². The second-order valence-corrected chi connectivity index (χ2v) is 5.83. The number of aryl methyl sites for hydroxylation is 1. The lowest BCUT2D eigenvalue weighted by Gasteiger charge is -2.06. The fourth-order valence-electron chi connectivity index (χ4n) is 2.17. The summed E-state index contributed by atoms with van der Waals surface area (Å²) in [5, 5.41) is 3.52. The third kappa shape index (κ3) is 6.07. The van der Waals surface area contributed by atoms with Crippen molar-refractivity contribution in [3.8, 4) is 0 Å². The Morgan fingerprint density at radius 1 is 1.15 bits per heavy atom. The molecule has 6 nitrogen and oxygen atoms in total. The summed E-state index contributed by atoms with van der Waals surface area (Å²) in [6, 6.07) is 14.4. The number of hydrogen-bond acceptors (Lipinski definition) is 2. The van der Waals surface area contributed by atoms with Crippen LogP contribution in [0.25, 0.3) is 0 Å². The van der Waals surface area contributed by atoms with Gasteiger partial charge in [-0.25, -0.2) is 4.99 Å². The number of aliphatic imine (C=N–C) groups is 2. The predicted octanol–water partition coefficient (Wildman–Crippen LogP) is 3.40. The van der Waals surface area contributed by atoms with E-state index in [0.29, 0.717) is 23.6 Å². The summed E-state index contributed by atoms with van der Waals surface area (Å²) in [6.07, 6.45) is 2.22. The van der Waals surface area contributed by atoms with Crippen molar-refractivity contribution in [1.82, 2.24) is 0 Å². The maximum Gasteiger partial charge on any atom is 0.223 e. The number of nitrogens with zero attached hydrogens (tertiary/aromatic N) is 2. The van der Waals surface area contributed by atoms with Gasteiger partial charge in [-0.15, -0.1) is 0 Å². The average Bonchev–Trinajstić information content (AvgIpc) is 2.62. The van der Waals surface area contributed by atoms with Gasteiger partial charge in [-0.2, -0.15) is 4.99 Å². The first kappa shape index (κ1) is 19.2. The van der Waals surface area contributed by atoms with Crippen molar-refractivity contribution in [3.63, 3.8) is 0 Å². The van der Waals surface area contributed by atoms with Gasteiger partial charge in [0, 0.05) is 17.1 Å². The molecule has 0 heterocycles. The van der Waals surface area contributed by atoms with Crippen LogP contribution in [0.2, 0.25) is 5.02 Å². The number of guanidine groups is 2. The molecule has 2 aromatic carbocycles. The quantitative estimate of drug-likeness (QED) is 0.412. The van der Waals surface area contributed by atoms with Crippen molar-refractivity contribution in [2.24, 2.45) is 21.5 Å². The summed E-state index contributed by atoms with van der Waals surface area (Å²) in [5.41, 5.74) is 14.0. The summed E-state index contributed by atoms with van der Waals surface area (Å²) in [7, 11) is 0. The second kappa shape index (κ2) is 9.39. The lowest BCUT2D eigenvalue weighted by Crippen LogP contribution is -2.26. The van der Waals surface area contributed by atoms with Gasteiger partial charge in [0.15, 0.2) is 5.78 Å². The number of carbonyl (C=O) groups is 1. The number of anilines is 1. The topological polar surface area (TPSA) is 106 Å². The molecule has 0 aromatic heterocycles. The van der Waals surface area contributed by atoms with Crippen molar-refractivity contribution in [3.05, 3.63) is 71.8 Å². The van der Waals surface area contributed by atoms with Gasteiger partial charge in [-0.3, -0.25) is 4.79 Å². The molecule has 0 saturated carbocycles. The van der Waals surface area contributed by atoms with Crippen LogP contribution in [0.5, 0.6) is 0 Å². The first-order valence-corrected chi connectivity index (χ1v) is 8.30. The molecule has 0 atom stereocenters. The first-order chi connectivity index (χ1) is 12.5. The molecule has 0 fully saturated rings. The van der Waals surface area contributed by atoms with Crippen LogP contribution in [0.15, 0.2) is 71.2 Å². The molecule has 0 radical (unpaired) electrons. The second-order valence-electron chi connectivity index (χ2n) is 5.40. The molecule has 0 aliphatic heterocycles. The Bertz CT molecular complexity index is 843. The lowest BCUT2D eigenvalue weighted by atomic mass is 10.1. The van der Waals surface area contributed by atoms with Gasteiger partial charge in [-0.1, -0.05) is 36.4 Å². The van der Waals surface area contributed by atoms with Gasteiger partial charge in [0.1, 0.15) is 0 Å². The largest absolute Gasteiger partial charge is 0.369 e. The van der Waals surface area contributed by atoms with Crippen molar-refractivity contribution >= 4 is 40.7 Å². The van der Waals surface area contributed by atoms with E-state index in [1.54, 1.807) is 30.3 Å². The molecule has 0 saturated heterocycles. The number of para-hydroxylation sites is 1. The number of benzene rings is 2. The van der Waals surface area contributed by atoms with Crippen molar-refractivity contribution in [2.45, 2.75) is 12.8 Å². The number of hydrogen-bond donors (Lipinski definition) is 3. The summed E-state index contributed by atoms with van der Waals surface area (Å²) in [5.74, 6) is 0.0885. The molecule has 0 unspecified atom stereocenters. The highest BCUT2D eigenvalue weighted by molar-refractivity contribution is 6.30. The predicted molar refractivity (Wildman–Crippen MR) is 108 cm³/mol. The Kier molecular flexibility index (Phi) is 6.93. The van der Waals surface area contributed by atoms with Crippen LogP contribution in [0.4, 0.5) is 11.4 Å². The smallest absolute Gasteiger partial charge is 0.223 e. The third-order valence-corrected chi connectivity index (χ3v) is 3.70. The van der Waals surface area contributed by atoms with Gasteiger partial charge in [0.2, 0.25) is 11.9 Å². The summed E-state index contributed by atoms with van der Waals surface area (Å²) in [6.45, 7) is 3.47. The lowest BCUT2D eigenvalue weighted by molar-refractivity contribution is -0.114. The highest BCUT2D eigenvalue weighted by Gasteiger charge is 2.04. The SMILES string of the molecule is C=CC(=O)CCc1ccccc1N=C(N)N=C(N)Nc1ccc(Cl)cc1. The van der Waals surface area contributed by atoms with E-state index < -0.39 is 0 Å². The maximum atomic E-state index is 11.4. The molecule has 0 aliphatic carbocycles. The summed E-state index contributed by atoms with van der Waals surface area (Å²) in [4.78, 5) is 19.7. The van der Waals surface area contributed by atoms with Crippen LogP contribution in [-0.2, 0) is 11.2 Å². The standard InChI is InChI=1S/C19H20ClN5O/c1-2-16(26)12-7-13-5-3-4-6-17(13)24-19(22)25-18(21)23-15-10-8-14(20)9-11-15/h2-6,8-11H,1,7,12H2,(H5,21,22,23,24,25).